The molecule has 0 N–H and O–H groups in total. The molecule has 0 aliphatic carbocycles. The maximum atomic E-state index is 10.4. The zero-order valence-electron chi connectivity index (χ0n) is 11.0. The summed E-state index contributed by atoms with van der Waals surface area (Å²) in [5, 5.41) is 0. The number of carbonyl (C=O) groups excluding carboxylic acids is 1. The van der Waals surface area contributed by atoms with E-state index in [-0.39, 0.29) is 0 Å². The minimum Gasteiger partial charge on any atom is -0.285 e. The van der Waals surface area contributed by atoms with E-state index in [0.717, 1.165) is 12.3 Å². The van der Waals surface area contributed by atoms with Crippen LogP contribution in [-0.2, 0) is 11.2 Å². The molecule has 0 spiro atoms. The van der Waals surface area contributed by atoms with Crippen molar-refractivity contribution < 1.29 is 4.79 Å². The fourth-order valence-electron chi connectivity index (χ4n) is 1.97. The van der Waals surface area contributed by atoms with Gasteiger partial charge in [0.15, 0.2) is 0 Å². The number of aryl methyl sites for hydroxylation is 1. The molecule has 0 unspecified atom stereocenters. The molecular formula is C16H23O. The standard InChI is InChI=1S/C16H23O/c1-14(2)7-5-3-4-6-8-15-9-11-16(13-17)12-10-15/h9-12,14H,3-8H2,1-2H3. The highest BCUT2D eigenvalue weighted by Crippen LogP contribution is 2.12. The Morgan fingerprint density at radius 3 is 2.24 bits per heavy atom. The van der Waals surface area contributed by atoms with Crippen LogP contribution >= 0.6 is 0 Å². The lowest BCUT2D eigenvalue weighted by atomic mass is 10.0. The Morgan fingerprint density at radius 2 is 1.65 bits per heavy atom. The number of unbranched alkanes of at least 4 members (excludes halogenated alkanes) is 3. The minimum absolute atomic E-state index is 0.644. The third-order valence-corrected chi connectivity index (χ3v) is 3.07. The summed E-state index contributed by atoms with van der Waals surface area (Å²) in [4.78, 5) is 10.4. The van der Waals surface area contributed by atoms with Crippen LogP contribution in [-0.4, -0.2) is 6.29 Å². The Hall–Kier alpha value is -1.11. The van der Waals surface area contributed by atoms with Gasteiger partial charge in [-0.15, -0.1) is 0 Å². The predicted octanol–water partition coefficient (Wildman–Crippen LogP) is 4.29. The highest BCUT2D eigenvalue weighted by molar-refractivity contribution is 5.75. The van der Waals surface area contributed by atoms with Crippen molar-refractivity contribution in [3.05, 3.63) is 35.4 Å². The molecule has 17 heavy (non-hydrogen) atoms. The molecule has 1 aromatic carbocycles. The van der Waals surface area contributed by atoms with Gasteiger partial charge in [0, 0.05) is 5.56 Å². The van der Waals surface area contributed by atoms with Gasteiger partial charge in [0.1, 0.15) is 0 Å². The quantitative estimate of drug-likeness (QED) is 0.610. The Labute approximate surface area is 105 Å². The van der Waals surface area contributed by atoms with Gasteiger partial charge in [0.2, 0.25) is 6.29 Å². The topological polar surface area (TPSA) is 17.1 Å². The summed E-state index contributed by atoms with van der Waals surface area (Å²) < 4.78 is 0. The summed E-state index contributed by atoms with van der Waals surface area (Å²) in [6, 6.07) is 7.77. The first-order valence-corrected chi connectivity index (χ1v) is 6.69. The van der Waals surface area contributed by atoms with Gasteiger partial charge < -0.3 is 0 Å². The maximum absolute atomic E-state index is 10.4. The van der Waals surface area contributed by atoms with Crippen LogP contribution < -0.4 is 0 Å². The molecule has 1 radical (unpaired) electrons. The number of hydrogen-bond donors (Lipinski definition) is 0. The van der Waals surface area contributed by atoms with Crippen molar-refractivity contribution in [2.24, 2.45) is 5.92 Å². The van der Waals surface area contributed by atoms with Crippen LogP contribution in [0.4, 0.5) is 0 Å². The van der Waals surface area contributed by atoms with Crippen LogP contribution in [0.3, 0.4) is 0 Å². The van der Waals surface area contributed by atoms with Gasteiger partial charge in [-0.05, 0) is 24.3 Å². The first-order valence-electron chi connectivity index (χ1n) is 6.69. The van der Waals surface area contributed by atoms with Crippen molar-refractivity contribution in [1.82, 2.24) is 0 Å². The molecule has 0 atom stereocenters. The minimum atomic E-state index is 0.644. The first-order chi connectivity index (χ1) is 8.22. The summed E-state index contributed by atoms with van der Waals surface area (Å²) in [5.41, 5.74) is 1.97. The molecule has 0 aromatic heterocycles. The van der Waals surface area contributed by atoms with E-state index < -0.39 is 0 Å². The summed E-state index contributed by atoms with van der Waals surface area (Å²) in [6.45, 7) is 4.57. The van der Waals surface area contributed by atoms with Crippen LogP contribution in [0.15, 0.2) is 24.3 Å². The number of benzene rings is 1. The summed E-state index contributed by atoms with van der Waals surface area (Å²) in [7, 11) is 0. The second-order valence-corrected chi connectivity index (χ2v) is 5.15. The fourth-order valence-corrected chi connectivity index (χ4v) is 1.97. The van der Waals surface area contributed by atoms with Crippen molar-refractivity contribution in [3.63, 3.8) is 0 Å². The van der Waals surface area contributed by atoms with Crippen LogP contribution in [0.2, 0.25) is 0 Å². The average molecular weight is 231 g/mol. The van der Waals surface area contributed by atoms with E-state index in [4.69, 9.17) is 0 Å². The summed E-state index contributed by atoms with van der Waals surface area (Å²) in [6.07, 6.45) is 9.65. The maximum Gasteiger partial charge on any atom is 0.233 e. The largest absolute Gasteiger partial charge is 0.285 e. The van der Waals surface area contributed by atoms with Gasteiger partial charge in [-0.1, -0.05) is 63.8 Å². The van der Waals surface area contributed by atoms with Gasteiger partial charge in [-0.25, -0.2) is 0 Å². The van der Waals surface area contributed by atoms with Crippen LogP contribution in [0.5, 0.6) is 0 Å². The normalized spacial score (nSPS) is 10.8. The summed E-state index contributed by atoms with van der Waals surface area (Å²) >= 11 is 0. The second kappa shape index (κ2) is 8.05. The third kappa shape index (κ3) is 6.25. The van der Waals surface area contributed by atoms with Gasteiger partial charge in [0.25, 0.3) is 0 Å². The molecular weight excluding hydrogens is 208 g/mol. The van der Waals surface area contributed by atoms with E-state index in [9.17, 15) is 4.79 Å². The van der Waals surface area contributed by atoms with Gasteiger partial charge in [-0.2, -0.15) is 0 Å². The molecule has 0 aliphatic heterocycles. The van der Waals surface area contributed by atoms with Gasteiger partial charge >= 0.3 is 0 Å². The van der Waals surface area contributed by atoms with E-state index in [1.807, 2.05) is 30.6 Å². The molecule has 0 bridgehead atoms. The van der Waals surface area contributed by atoms with E-state index in [1.54, 1.807) is 0 Å². The molecule has 93 valence electrons. The Kier molecular flexibility index (Phi) is 6.61. The first kappa shape index (κ1) is 14.0. The molecule has 1 heteroatoms. The lowest BCUT2D eigenvalue weighted by Crippen LogP contribution is -1.89. The monoisotopic (exact) mass is 231 g/mol. The van der Waals surface area contributed by atoms with Crippen molar-refractivity contribution in [2.75, 3.05) is 0 Å². The van der Waals surface area contributed by atoms with Crippen LogP contribution in [0.25, 0.3) is 0 Å². The zero-order chi connectivity index (χ0) is 12.5. The molecule has 1 nitrogen and oxygen atoms in total. The molecule has 1 rings (SSSR count). The van der Waals surface area contributed by atoms with Gasteiger partial charge in [-0.3, -0.25) is 4.79 Å². The van der Waals surface area contributed by atoms with E-state index in [2.05, 4.69) is 13.8 Å². The van der Waals surface area contributed by atoms with E-state index >= 15 is 0 Å². The van der Waals surface area contributed by atoms with E-state index in [1.165, 1.54) is 37.7 Å². The molecule has 0 fully saturated rings. The fraction of sp³-hybridized carbons (Fsp3) is 0.562. The molecule has 0 saturated heterocycles. The van der Waals surface area contributed by atoms with Crippen molar-refractivity contribution in [1.29, 1.82) is 0 Å². The second-order valence-electron chi connectivity index (χ2n) is 5.15. The van der Waals surface area contributed by atoms with Crippen LogP contribution in [0, 0.1) is 5.92 Å². The number of hydrogen-bond acceptors (Lipinski definition) is 1. The van der Waals surface area contributed by atoms with Crippen molar-refractivity contribution in [3.8, 4) is 0 Å². The third-order valence-electron chi connectivity index (χ3n) is 3.07. The van der Waals surface area contributed by atoms with Crippen LogP contribution in [0.1, 0.15) is 57.1 Å². The SMILES string of the molecule is CC(C)CCCCCCc1ccc([C]=O)cc1. The Morgan fingerprint density at radius 1 is 1.00 bits per heavy atom. The van der Waals surface area contributed by atoms with Crippen molar-refractivity contribution in [2.45, 2.75) is 52.4 Å². The van der Waals surface area contributed by atoms with E-state index in [0.29, 0.717) is 5.56 Å². The molecule has 1 aromatic rings. The highest BCUT2D eigenvalue weighted by Gasteiger charge is 1.97. The Balaban J connectivity index is 2.11. The number of rotatable bonds is 8. The Bertz CT molecular complexity index is 311. The average Bonchev–Trinajstić information content (AvgIpc) is 2.34. The lowest BCUT2D eigenvalue weighted by Gasteiger charge is -2.04. The molecule has 0 aliphatic rings. The smallest absolute Gasteiger partial charge is 0.233 e. The zero-order valence-corrected chi connectivity index (χ0v) is 11.0. The predicted molar refractivity (Wildman–Crippen MR) is 72.9 cm³/mol. The molecule has 0 heterocycles. The van der Waals surface area contributed by atoms with Crippen molar-refractivity contribution >= 4 is 6.29 Å². The lowest BCUT2D eigenvalue weighted by molar-refractivity contribution is 0.520. The summed E-state index contributed by atoms with van der Waals surface area (Å²) in [5.74, 6) is 0.835. The molecule has 0 amide bonds. The molecule has 0 saturated carbocycles. The van der Waals surface area contributed by atoms with Gasteiger partial charge in [0.05, 0.1) is 0 Å². The highest BCUT2D eigenvalue weighted by atomic mass is 16.1.